The van der Waals surface area contributed by atoms with E-state index in [9.17, 15) is 18.9 Å². The number of imide groups is 1. The molecule has 1 fully saturated rings. The summed E-state index contributed by atoms with van der Waals surface area (Å²) in [6.45, 7) is 3.60. The van der Waals surface area contributed by atoms with Crippen molar-refractivity contribution in [3.63, 3.8) is 0 Å². The molecule has 0 aliphatic carbocycles. The fraction of sp³-hybridized carbons (Fsp3) is 0.533. The maximum atomic E-state index is 13.1. The van der Waals surface area contributed by atoms with Crippen molar-refractivity contribution < 1.29 is 18.9 Å². The molecule has 1 aromatic heterocycles. The van der Waals surface area contributed by atoms with Crippen LogP contribution in [0.2, 0.25) is 0 Å². The number of hydrogen-bond donors (Lipinski definition) is 0. The van der Waals surface area contributed by atoms with E-state index in [-0.39, 0.29) is 29.9 Å². The van der Waals surface area contributed by atoms with Gasteiger partial charge in [-0.3, -0.25) is 24.2 Å². The molecule has 2 atom stereocenters. The molecule has 2 unspecified atom stereocenters. The van der Waals surface area contributed by atoms with Gasteiger partial charge in [-0.15, -0.1) is 0 Å². The fourth-order valence-corrected chi connectivity index (χ4v) is 3.67. The molecule has 3 amide bonds. The van der Waals surface area contributed by atoms with Crippen LogP contribution in [0, 0.1) is 5.41 Å². The average Bonchev–Trinajstić information content (AvgIpc) is 2.72. The number of amides is 3. The maximum Gasteiger partial charge on any atom is 0.344 e. The Morgan fingerprint density at radius 1 is 1.25 bits per heavy atom. The van der Waals surface area contributed by atoms with Crippen LogP contribution in [0.5, 0.6) is 0 Å². The summed E-state index contributed by atoms with van der Waals surface area (Å²) in [6.07, 6.45) is 2.89. The van der Waals surface area contributed by atoms with E-state index in [1.807, 2.05) is 0 Å². The lowest BCUT2D eigenvalue weighted by Crippen LogP contribution is -2.55. The van der Waals surface area contributed by atoms with Crippen LogP contribution in [0.25, 0.3) is 0 Å². The summed E-state index contributed by atoms with van der Waals surface area (Å²) in [5.74, 6) is -0.917. The summed E-state index contributed by atoms with van der Waals surface area (Å²) in [6, 6.07) is -0.268. The van der Waals surface area contributed by atoms with Gasteiger partial charge in [0.05, 0.1) is 6.42 Å². The summed E-state index contributed by atoms with van der Waals surface area (Å²) in [5, 5.41) is 0.133. The van der Waals surface area contributed by atoms with Crippen molar-refractivity contribution in [2.24, 2.45) is 5.41 Å². The van der Waals surface area contributed by atoms with Gasteiger partial charge in [-0.1, -0.05) is 0 Å². The van der Waals surface area contributed by atoms with Gasteiger partial charge in [0.15, 0.2) is 0 Å². The van der Waals surface area contributed by atoms with Crippen LogP contribution in [-0.2, 0) is 32.0 Å². The highest BCUT2D eigenvalue weighted by Gasteiger charge is 2.60. The molecular weight excluding hydrogens is 332 g/mol. The molecular formula is C15H18N4O4S. The molecule has 0 saturated carbocycles. The Kier molecular flexibility index (Phi) is 3.88. The van der Waals surface area contributed by atoms with Crippen molar-refractivity contribution >= 4 is 34.7 Å². The number of anilines is 1. The molecule has 128 valence electrons. The van der Waals surface area contributed by atoms with Crippen molar-refractivity contribution in [2.75, 3.05) is 18.2 Å². The minimum absolute atomic E-state index is 0.0793. The predicted octanol–water partition coefficient (Wildman–Crippen LogP) is -0.113. The Morgan fingerprint density at radius 2 is 1.92 bits per heavy atom. The molecule has 0 radical (unpaired) electrons. The number of aromatic nitrogens is 2. The molecule has 3 rings (SSSR count). The van der Waals surface area contributed by atoms with E-state index in [1.54, 1.807) is 13.8 Å². The van der Waals surface area contributed by atoms with Gasteiger partial charge < -0.3 is 4.55 Å². The zero-order valence-electron chi connectivity index (χ0n) is 13.9. The number of carbonyl (C=O) groups excluding carboxylic acids is 3. The number of nitrogens with zero attached hydrogens (tertiary/aromatic N) is 4. The van der Waals surface area contributed by atoms with Gasteiger partial charge in [0.25, 0.3) is 0 Å². The van der Waals surface area contributed by atoms with Crippen LogP contribution in [0.15, 0.2) is 11.4 Å². The molecule has 1 saturated heterocycles. The lowest BCUT2D eigenvalue weighted by molar-refractivity contribution is -0.144. The zero-order valence-corrected chi connectivity index (χ0v) is 14.7. The monoisotopic (exact) mass is 350 g/mol. The standard InChI is InChI=1S/C15H18N4O4S/c1-8(2)19-11-9(7-16-14(17-11)24(4)23)5-15(13(19)22)6-10(20)18(3)12(15)21/h7-8H,5-6H2,1-4H3. The van der Waals surface area contributed by atoms with Crippen LogP contribution in [0.3, 0.4) is 0 Å². The number of fused-ring (bicyclic) bond motifs is 1. The normalized spacial score (nSPS) is 25.0. The molecule has 0 aromatic carbocycles. The van der Waals surface area contributed by atoms with E-state index in [1.165, 1.54) is 24.4 Å². The first-order valence-corrected chi connectivity index (χ1v) is 9.09. The quantitative estimate of drug-likeness (QED) is 0.319. The first-order chi connectivity index (χ1) is 11.2. The molecule has 1 aromatic rings. The minimum atomic E-state index is -1.42. The minimum Gasteiger partial charge on any atom is -0.609 e. The first kappa shape index (κ1) is 16.8. The van der Waals surface area contributed by atoms with Crippen LogP contribution in [-0.4, -0.2) is 56.5 Å². The molecule has 3 heterocycles. The molecule has 8 nitrogen and oxygen atoms in total. The van der Waals surface area contributed by atoms with Crippen LogP contribution < -0.4 is 4.90 Å². The van der Waals surface area contributed by atoms with Crippen LogP contribution >= 0.6 is 0 Å². The topological polar surface area (TPSA) is 107 Å². The molecule has 0 bridgehead atoms. The Balaban J connectivity index is 2.17. The molecule has 2 aliphatic heterocycles. The van der Waals surface area contributed by atoms with Gasteiger partial charge in [0, 0.05) is 42.4 Å². The Hall–Kier alpha value is -2.00. The molecule has 2 aliphatic rings. The van der Waals surface area contributed by atoms with Gasteiger partial charge >= 0.3 is 5.16 Å². The van der Waals surface area contributed by atoms with Crippen molar-refractivity contribution in [3.05, 3.63) is 11.8 Å². The highest BCUT2D eigenvalue weighted by atomic mass is 32.2. The number of hydrogen-bond acceptors (Lipinski definition) is 6. The third kappa shape index (κ3) is 2.22. The Labute approximate surface area is 142 Å². The third-order valence-corrected chi connectivity index (χ3v) is 5.19. The van der Waals surface area contributed by atoms with Gasteiger partial charge in [0.1, 0.15) is 17.5 Å². The Bertz CT molecular complexity index is 751. The summed E-state index contributed by atoms with van der Waals surface area (Å²) in [7, 11) is 1.39. The number of carbonyl (C=O) groups is 3. The van der Waals surface area contributed by atoms with Gasteiger partial charge in [-0.25, -0.2) is 0 Å². The van der Waals surface area contributed by atoms with E-state index in [0.29, 0.717) is 11.4 Å². The predicted molar refractivity (Wildman–Crippen MR) is 85.5 cm³/mol. The van der Waals surface area contributed by atoms with Gasteiger partial charge in [-0.05, 0) is 13.8 Å². The second-order valence-electron chi connectivity index (χ2n) is 6.42. The summed E-state index contributed by atoms with van der Waals surface area (Å²) < 4.78 is 11.7. The lowest BCUT2D eigenvalue weighted by atomic mass is 9.76. The highest BCUT2D eigenvalue weighted by molar-refractivity contribution is 7.90. The third-order valence-electron chi connectivity index (χ3n) is 4.48. The SMILES string of the molecule is CC(C)N1C(=O)C2(CC(=O)N(C)C2=O)Cc2cnc([S+](C)[O-])nc21. The summed E-state index contributed by atoms with van der Waals surface area (Å²) >= 11 is -1.38. The maximum absolute atomic E-state index is 13.1. The van der Waals surface area contributed by atoms with E-state index >= 15 is 0 Å². The van der Waals surface area contributed by atoms with Crippen LogP contribution in [0.1, 0.15) is 25.8 Å². The van der Waals surface area contributed by atoms with E-state index in [4.69, 9.17) is 0 Å². The van der Waals surface area contributed by atoms with Gasteiger partial charge in [-0.2, -0.15) is 9.97 Å². The largest absolute Gasteiger partial charge is 0.609 e. The second kappa shape index (κ2) is 5.52. The van der Waals surface area contributed by atoms with Crippen LogP contribution in [0.4, 0.5) is 5.82 Å². The first-order valence-electron chi connectivity index (χ1n) is 7.53. The van der Waals surface area contributed by atoms with Crippen molar-refractivity contribution in [3.8, 4) is 0 Å². The van der Waals surface area contributed by atoms with E-state index < -0.39 is 28.4 Å². The molecule has 0 N–H and O–H groups in total. The van der Waals surface area contributed by atoms with Crippen molar-refractivity contribution in [1.82, 2.24) is 14.9 Å². The van der Waals surface area contributed by atoms with Gasteiger partial charge in [0.2, 0.25) is 17.7 Å². The van der Waals surface area contributed by atoms with Crippen molar-refractivity contribution in [2.45, 2.75) is 37.9 Å². The van der Waals surface area contributed by atoms with E-state index in [2.05, 4.69) is 9.97 Å². The fourth-order valence-electron chi connectivity index (χ4n) is 3.25. The highest BCUT2D eigenvalue weighted by Crippen LogP contribution is 2.44. The zero-order chi connectivity index (χ0) is 17.8. The summed E-state index contributed by atoms with van der Waals surface area (Å²) in [5.41, 5.74) is -0.812. The lowest BCUT2D eigenvalue weighted by Gasteiger charge is -2.39. The van der Waals surface area contributed by atoms with E-state index in [0.717, 1.165) is 4.90 Å². The average molecular weight is 350 g/mol. The Morgan fingerprint density at radius 3 is 2.42 bits per heavy atom. The molecule has 1 spiro atoms. The second-order valence-corrected chi connectivity index (χ2v) is 7.69. The van der Waals surface area contributed by atoms with Crippen molar-refractivity contribution in [1.29, 1.82) is 0 Å². The number of likely N-dealkylation sites (tertiary alicyclic amines) is 1. The summed E-state index contributed by atoms with van der Waals surface area (Å²) in [4.78, 5) is 48.5. The molecule has 24 heavy (non-hydrogen) atoms. The number of rotatable bonds is 2. The molecule has 9 heteroatoms. The smallest absolute Gasteiger partial charge is 0.344 e.